The summed E-state index contributed by atoms with van der Waals surface area (Å²) in [6, 6.07) is 0. The van der Waals surface area contributed by atoms with E-state index < -0.39 is 72.3 Å². The summed E-state index contributed by atoms with van der Waals surface area (Å²) in [4.78, 5) is 52.6. The monoisotopic (exact) mass is 840 g/mol. The zero-order chi connectivity index (χ0) is 41.9. The summed E-state index contributed by atoms with van der Waals surface area (Å²) in [7, 11) is -9.70. The van der Waals surface area contributed by atoms with Crippen molar-refractivity contribution in [2.24, 2.45) is 5.92 Å². The van der Waals surface area contributed by atoms with Gasteiger partial charge in [-0.05, 0) is 38.0 Å². The van der Waals surface area contributed by atoms with Gasteiger partial charge in [0.2, 0.25) is 0 Å². The van der Waals surface area contributed by atoms with E-state index in [2.05, 4.69) is 42.0 Å². The smallest absolute Gasteiger partial charge is 0.462 e. The number of unbranched alkanes of at least 4 members (excludes halogenated alkanes) is 13. The number of aliphatic hydroxyl groups excluding tert-OH is 2. The fraction of sp³-hybridized carbons (Fsp3) is 0.800. The van der Waals surface area contributed by atoms with Crippen molar-refractivity contribution in [2.75, 3.05) is 26.4 Å². The van der Waals surface area contributed by atoms with Crippen molar-refractivity contribution in [3.05, 3.63) is 36.5 Å². The summed E-state index contributed by atoms with van der Waals surface area (Å²) < 4.78 is 47.6. The van der Waals surface area contributed by atoms with E-state index in [0.717, 1.165) is 63.7 Å². The van der Waals surface area contributed by atoms with Crippen molar-refractivity contribution >= 4 is 27.6 Å². The lowest BCUT2D eigenvalue weighted by atomic mass is 10.0. The molecule has 5 N–H and O–H groups in total. The maximum Gasteiger partial charge on any atom is 0.472 e. The van der Waals surface area contributed by atoms with Gasteiger partial charge in [0.1, 0.15) is 12.7 Å². The fourth-order valence-electron chi connectivity index (χ4n) is 5.42. The van der Waals surface area contributed by atoms with E-state index >= 15 is 0 Å². The quantitative estimate of drug-likeness (QED) is 0.0129. The van der Waals surface area contributed by atoms with Gasteiger partial charge in [-0.15, -0.1) is 0 Å². The number of phosphoric ester groups is 2. The standard InChI is InChI=1S/C40H74O14P2/c1-4-5-6-7-12-17-22-27-36(41)28-23-18-15-20-25-30-40(44)54-38(34-53-56(48,49)52-32-37(42)31-51-55(45,46)47)33-50-39(43)29-24-19-14-11-9-8-10-13-16-21-26-35(2)3/h5-6,12,17,22,27,35-38,41-42H,4,7-11,13-16,18-21,23-26,28-34H2,1-3H3,(H,48,49)(H2,45,46,47)/b6-5+,17-12+,27-22+/t36?,37-,38+/m0/s1. The number of aliphatic hydroxyl groups is 2. The molecular weight excluding hydrogens is 766 g/mol. The first kappa shape index (κ1) is 54.3. The Hall–Kier alpha value is -1.70. The first-order valence-corrected chi connectivity index (χ1v) is 23.7. The fourth-order valence-corrected chi connectivity index (χ4v) is 6.58. The number of ether oxygens (including phenoxy) is 2. The molecule has 0 amide bonds. The summed E-state index contributed by atoms with van der Waals surface area (Å²) >= 11 is 0. The highest BCUT2D eigenvalue weighted by molar-refractivity contribution is 7.47. The van der Waals surface area contributed by atoms with Gasteiger partial charge in [-0.1, -0.05) is 147 Å². The third-order valence-electron chi connectivity index (χ3n) is 8.57. The number of hydrogen-bond donors (Lipinski definition) is 5. The van der Waals surface area contributed by atoms with Crippen LogP contribution in [0.25, 0.3) is 0 Å². The van der Waals surface area contributed by atoms with Gasteiger partial charge in [0.25, 0.3) is 0 Å². The normalized spacial score (nSPS) is 15.2. The molecular formula is C40H74O14P2. The predicted octanol–water partition coefficient (Wildman–Crippen LogP) is 8.94. The highest BCUT2D eigenvalue weighted by Gasteiger charge is 2.28. The van der Waals surface area contributed by atoms with Crippen LogP contribution in [0, 0.1) is 5.92 Å². The molecule has 16 heteroatoms. The first-order chi connectivity index (χ1) is 26.6. The minimum Gasteiger partial charge on any atom is -0.462 e. The van der Waals surface area contributed by atoms with Gasteiger partial charge in [0.15, 0.2) is 6.10 Å². The molecule has 56 heavy (non-hydrogen) atoms. The number of allylic oxidation sites excluding steroid dienone is 5. The van der Waals surface area contributed by atoms with Crippen molar-refractivity contribution < 1.29 is 66.7 Å². The number of esters is 2. The topological polar surface area (TPSA) is 216 Å². The second-order valence-corrected chi connectivity index (χ2v) is 17.3. The van der Waals surface area contributed by atoms with Crippen LogP contribution in [-0.4, -0.2) is 81.6 Å². The Morgan fingerprint density at radius 1 is 0.607 bits per heavy atom. The average molecular weight is 841 g/mol. The molecule has 328 valence electrons. The number of rotatable bonds is 38. The molecule has 4 atom stereocenters. The zero-order valence-electron chi connectivity index (χ0n) is 34.3. The largest absolute Gasteiger partial charge is 0.472 e. The van der Waals surface area contributed by atoms with Crippen molar-refractivity contribution in [3.8, 4) is 0 Å². The third kappa shape index (κ3) is 39.1. The Bertz CT molecular complexity index is 1170. The maximum absolute atomic E-state index is 12.6. The molecule has 0 aromatic carbocycles. The summed E-state index contributed by atoms with van der Waals surface area (Å²) in [5, 5.41) is 19.9. The lowest BCUT2D eigenvalue weighted by molar-refractivity contribution is -0.161. The van der Waals surface area contributed by atoms with Crippen LogP contribution in [0.15, 0.2) is 36.5 Å². The Morgan fingerprint density at radius 3 is 1.70 bits per heavy atom. The number of carbonyl (C=O) groups is 2. The summed E-state index contributed by atoms with van der Waals surface area (Å²) in [5.41, 5.74) is 0. The van der Waals surface area contributed by atoms with Gasteiger partial charge >= 0.3 is 27.6 Å². The van der Waals surface area contributed by atoms with Gasteiger partial charge < -0.3 is 34.4 Å². The van der Waals surface area contributed by atoms with Crippen molar-refractivity contribution in [2.45, 2.75) is 174 Å². The summed E-state index contributed by atoms with van der Waals surface area (Å²) in [5.74, 6) is -0.341. The van der Waals surface area contributed by atoms with E-state index in [9.17, 15) is 33.8 Å². The zero-order valence-corrected chi connectivity index (χ0v) is 36.0. The van der Waals surface area contributed by atoms with Gasteiger partial charge in [0, 0.05) is 12.8 Å². The molecule has 0 heterocycles. The number of phosphoric acid groups is 2. The molecule has 0 rings (SSSR count). The molecule has 14 nitrogen and oxygen atoms in total. The van der Waals surface area contributed by atoms with Gasteiger partial charge in [0.05, 0.1) is 25.9 Å². The molecule has 0 radical (unpaired) electrons. The average Bonchev–Trinajstić information content (AvgIpc) is 3.13. The van der Waals surface area contributed by atoms with Crippen LogP contribution in [0.4, 0.5) is 0 Å². The second-order valence-electron chi connectivity index (χ2n) is 14.6. The molecule has 0 aliphatic rings. The first-order valence-electron chi connectivity index (χ1n) is 20.6. The molecule has 0 aliphatic carbocycles. The Morgan fingerprint density at radius 2 is 1.12 bits per heavy atom. The highest BCUT2D eigenvalue weighted by Crippen LogP contribution is 2.43. The predicted molar refractivity (Wildman–Crippen MR) is 217 cm³/mol. The SMILES string of the molecule is CC/C=C/C/C=C/C=C/C(O)CCCCCCCC(=O)O[C@H](COC(=O)CCCCCCCCCCCCC(C)C)COP(=O)(O)OC[C@@H](O)COP(=O)(O)O. The van der Waals surface area contributed by atoms with Crippen LogP contribution in [-0.2, 0) is 41.8 Å². The van der Waals surface area contributed by atoms with Crippen LogP contribution in [0.5, 0.6) is 0 Å². The Labute approximate surface area is 336 Å². The summed E-state index contributed by atoms with van der Waals surface area (Å²) in [6.07, 6.45) is 27.5. The molecule has 0 saturated carbocycles. The highest BCUT2D eigenvalue weighted by atomic mass is 31.2. The molecule has 0 bridgehead atoms. The maximum atomic E-state index is 12.6. The molecule has 0 aliphatic heterocycles. The van der Waals surface area contributed by atoms with Crippen LogP contribution in [0.2, 0.25) is 0 Å². The minimum atomic E-state index is -4.87. The minimum absolute atomic E-state index is 0.0623. The lowest BCUT2D eigenvalue weighted by Gasteiger charge is -2.20. The molecule has 0 aromatic rings. The number of hydrogen-bond acceptors (Lipinski definition) is 11. The van der Waals surface area contributed by atoms with Crippen LogP contribution < -0.4 is 0 Å². The van der Waals surface area contributed by atoms with E-state index in [1.165, 1.54) is 44.9 Å². The Balaban J connectivity index is 4.64. The molecule has 0 fully saturated rings. The van der Waals surface area contributed by atoms with Crippen molar-refractivity contribution in [1.29, 1.82) is 0 Å². The van der Waals surface area contributed by atoms with E-state index in [0.29, 0.717) is 19.3 Å². The molecule has 2 unspecified atom stereocenters. The number of carbonyl (C=O) groups excluding carboxylic acids is 2. The Kier molecular flexibility index (Phi) is 34.2. The van der Waals surface area contributed by atoms with Crippen LogP contribution >= 0.6 is 15.6 Å². The van der Waals surface area contributed by atoms with E-state index in [-0.39, 0.29) is 12.8 Å². The molecule has 0 saturated heterocycles. The van der Waals surface area contributed by atoms with E-state index in [1.807, 2.05) is 18.2 Å². The van der Waals surface area contributed by atoms with Crippen molar-refractivity contribution in [3.63, 3.8) is 0 Å². The van der Waals surface area contributed by atoms with Crippen LogP contribution in [0.1, 0.15) is 156 Å². The second kappa shape index (κ2) is 35.3. The van der Waals surface area contributed by atoms with E-state index in [4.69, 9.17) is 23.8 Å². The molecule has 0 spiro atoms. The third-order valence-corrected chi connectivity index (χ3v) is 10.0. The van der Waals surface area contributed by atoms with Crippen LogP contribution in [0.3, 0.4) is 0 Å². The molecule has 0 aromatic heterocycles. The van der Waals surface area contributed by atoms with Crippen molar-refractivity contribution in [1.82, 2.24) is 0 Å². The summed E-state index contributed by atoms with van der Waals surface area (Å²) in [6.45, 7) is 3.80. The van der Waals surface area contributed by atoms with Gasteiger partial charge in [-0.25, -0.2) is 9.13 Å². The van der Waals surface area contributed by atoms with Gasteiger partial charge in [-0.2, -0.15) is 0 Å². The van der Waals surface area contributed by atoms with E-state index in [1.54, 1.807) is 6.08 Å². The van der Waals surface area contributed by atoms with Gasteiger partial charge in [-0.3, -0.25) is 23.2 Å². The lowest BCUT2D eigenvalue weighted by Crippen LogP contribution is -2.30.